The molecule has 5 heteroatoms. The average Bonchev–Trinajstić information content (AvgIpc) is 2.37. The second-order valence-corrected chi connectivity index (χ2v) is 5.05. The van der Waals surface area contributed by atoms with Gasteiger partial charge in [-0.05, 0) is 51.9 Å². The number of amides is 1. The van der Waals surface area contributed by atoms with E-state index in [1.807, 2.05) is 0 Å². The topological polar surface area (TPSA) is 53.6 Å². The van der Waals surface area contributed by atoms with E-state index in [4.69, 9.17) is 4.74 Å². The summed E-state index contributed by atoms with van der Waals surface area (Å²) in [5.74, 6) is 0.876. The molecular weight excluding hydrogens is 230 g/mol. The quantitative estimate of drug-likeness (QED) is 0.604. The Balaban J connectivity index is 1.93. The molecule has 0 saturated carbocycles. The number of nitrogens with zero attached hydrogens (tertiary/aromatic N) is 1. The molecule has 106 valence electrons. The molecule has 1 heterocycles. The Morgan fingerprint density at radius 2 is 2.06 bits per heavy atom. The molecular formula is C13H27N3O2. The Hall–Kier alpha value is -0.650. The van der Waals surface area contributed by atoms with E-state index in [1.54, 1.807) is 7.11 Å². The van der Waals surface area contributed by atoms with Crippen molar-refractivity contribution in [1.82, 2.24) is 15.5 Å². The lowest BCUT2D eigenvalue weighted by molar-refractivity contribution is -0.120. The SMILES string of the molecule is COCCNC(=O)CNCCC1CCN(C)CC1. The van der Waals surface area contributed by atoms with E-state index in [0.29, 0.717) is 19.7 Å². The standard InChI is InChI=1S/C13H27N3O2/c1-16-8-4-12(5-9-16)3-6-14-11-13(17)15-7-10-18-2/h12,14H,3-11H2,1-2H3,(H,15,17). The number of hydrogen-bond donors (Lipinski definition) is 2. The predicted octanol–water partition coefficient (Wildman–Crippen LogP) is 0.0705. The highest BCUT2D eigenvalue weighted by atomic mass is 16.5. The summed E-state index contributed by atoms with van der Waals surface area (Å²) < 4.78 is 4.87. The molecule has 5 nitrogen and oxygen atoms in total. The molecule has 0 spiro atoms. The summed E-state index contributed by atoms with van der Waals surface area (Å²) in [5, 5.41) is 6.00. The van der Waals surface area contributed by atoms with Crippen LogP contribution in [0.15, 0.2) is 0 Å². The zero-order valence-corrected chi connectivity index (χ0v) is 11.7. The summed E-state index contributed by atoms with van der Waals surface area (Å²) >= 11 is 0. The second kappa shape index (κ2) is 9.30. The molecule has 0 aromatic carbocycles. The molecule has 1 rings (SSSR count). The molecule has 0 atom stereocenters. The number of ether oxygens (including phenoxy) is 1. The fraction of sp³-hybridized carbons (Fsp3) is 0.923. The van der Waals surface area contributed by atoms with E-state index in [-0.39, 0.29) is 5.91 Å². The monoisotopic (exact) mass is 257 g/mol. The summed E-state index contributed by atoms with van der Waals surface area (Å²) in [6, 6.07) is 0. The zero-order chi connectivity index (χ0) is 13.2. The van der Waals surface area contributed by atoms with Crippen LogP contribution in [-0.4, -0.2) is 64.3 Å². The van der Waals surface area contributed by atoms with Gasteiger partial charge in [-0.15, -0.1) is 0 Å². The van der Waals surface area contributed by atoms with Crippen LogP contribution in [0.4, 0.5) is 0 Å². The molecule has 0 aromatic heterocycles. The van der Waals surface area contributed by atoms with Crippen LogP contribution in [-0.2, 0) is 9.53 Å². The smallest absolute Gasteiger partial charge is 0.234 e. The minimum Gasteiger partial charge on any atom is -0.383 e. The molecule has 0 unspecified atom stereocenters. The van der Waals surface area contributed by atoms with Crippen molar-refractivity contribution < 1.29 is 9.53 Å². The normalized spacial score (nSPS) is 17.9. The lowest BCUT2D eigenvalue weighted by Gasteiger charge is -2.28. The minimum atomic E-state index is 0.0513. The summed E-state index contributed by atoms with van der Waals surface area (Å²) in [6.07, 6.45) is 3.76. The van der Waals surface area contributed by atoms with Crippen molar-refractivity contribution in [1.29, 1.82) is 0 Å². The third kappa shape index (κ3) is 6.93. The highest BCUT2D eigenvalue weighted by Gasteiger charge is 2.15. The van der Waals surface area contributed by atoms with E-state index in [1.165, 1.54) is 32.4 Å². The van der Waals surface area contributed by atoms with Gasteiger partial charge in [-0.1, -0.05) is 0 Å². The average molecular weight is 257 g/mol. The van der Waals surface area contributed by atoms with Gasteiger partial charge in [-0.3, -0.25) is 4.79 Å². The molecule has 1 amide bonds. The van der Waals surface area contributed by atoms with Crippen molar-refractivity contribution in [2.24, 2.45) is 5.92 Å². The summed E-state index contributed by atoms with van der Waals surface area (Å²) in [6.45, 7) is 4.93. The number of methoxy groups -OCH3 is 1. The van der Waals surface area contributed by atoms with Crippen LogP contribution < -0.4 is 10.6 Å². The highest BCUT2D eigenvalue weighted by Crippen LogP contribution is 2.18. The number of rotatable bonds is 8. The van der Waals surface area contributed by atoms with Gasteiger partial charge in [0.25, 0.3) is 0 Å². The largest absolute Gasteiger partial charge is 0.383 e. The Bertz CT molecular complexity index is 228. The van der Waals surface area contributed by atoms with Gasteiger partial charge < -0.3 is 20.3 Å². The van der Waals surface area contributed by atoms with Crippen LogP contribution in [0.5, 0.6) is 0 Å². The van der Waals surface area contributed by atoms with E-state index in [9.17, 15) is 4.79 Å². The van der Waals surface area contributed by atoms with Crippen LogP contribution in [0.25, 0.3) is 0 Å². The number of piperidine rings is 1. The van der Waals surface area contributed by atoms with Crippen LogP contribution in [0.3, 0.4) is 0 Å². The van der Waals surface area contributed by atoms with Crippen molar-refractivity contribution in [3.63, 3.8) is 0 Å². The molecule has 1 fully saturated rings. The van der Waals surface area contributed by atoms with Crippen LogP contribution in [0.2, 0.25) is 0 Å². The van der Waals surface area contributed by atoms with Crippen LogP contribution in [0, 0.1) is 5.92 Å². The Labute approximate surface area is 110 Å². The van der Waals surface area contributed by atoms with Gasteiger partial charge >= 0.3 is 0 Å². The van der Waals surface area contributed by atoms with Gasteiger partial charge in [-0.25, -0.2) is 0 Å². The first-order chi connectivity index (χ1) is 8.72. The Kier molecular flexibility index (Phi) is 7.96. The first-order valence-electron chi connectivity index (χ1n) is 6.87. The zero-order valence-electron chi connectivity index (χ0n) is 11.7. The van der Waals surface area contributed by atoms with E-state index in [0.717, 1.165) is 12.5 Å². The molecule has 0 aromatic rings. The maximum Gasteiger partial charge on any atom is 0.234 e. The van der Waals surface area contributed by atoms with Gasteiger partial charge in [0, 0.05) is 13.7 Å². The van der Waals surface area contributed by atoms with Gasteiger partial charge in [0.15, 0.2) is 0 Å². The first kappa shape index (κ1) is 15.4. The fourth-order valence-corrected chi connectivity index (χ4v) is 2.21. The van der Waals surface area contributed by atoms with Crippen molar-refractivity contribution >= 4 is 5.91 Å². The highest BCUT2D eigenvalue weighted by molar-refractivity contribution is 5.77. The molecule has 2 N–H and O–H groups in total. The van der Waals surface area contributed by atoms with Gasteiger partial charge in [0.05, 0.1) is 13.2 Å². The molecule has 1 saturated heterocycles. The third-order valence-corrected chi connectivity index (χ3v) is 3.48. The molecule has 0 radical (unpaired) electrons. The number of carbonyl (C=O) groups is 1. The number of carbonyl (C=O) groups excluding carboxylic acids is 1. The second-order valence-electron chi connectivity index (χ2n) is 5.05. The van der Waals surface area contributed by atoms with Gasteiger partial charge in [0.1, 0.15) is 0 Å². The van der Waals surface area contributed by atoms with Crippen LogP contribution in [0.1, 0.15) is 19.3 Å². The molecule has 1 aliphatic heterocycles. The van der Waals surface area contributed by atoms with E-state index < -0.39 is 0 Å². The summed E-state index contributed by atoms with van der Waals surface area (Å²) in [5.41, 5.74) is 0. The summed E-state index contributed by atoms with van der Waals surface area (Å²) in [7, 11) is 3.81. The lowest BCUT2D eigenvalue weighted by atomic mass is 9.94. The number of hydrogen-bond acceptors (Lipinski definition) is 4. The van der Waals surface area contributed by atoms with Gasteiger partial charge in [-0.2, -0.15) is 0 Å². The van der Waals surface area contributed by atoms with E-state index in [2.05, 4.69) is 22.6 Å². The van der Waals surface area contributed by atoms with Crippen molar-refractivity contribution in [2.45, 2.75) is 19.3 Å². The maximum absolute atomic E-state index is 11.4. The Morgan fingerprint density at radius 3 is 2.72 bits per heavy atom. The lowest BCUT2D eigenvalue weighted by Crippen LogP contribution is -2.37. The fourth-order valence-electron chi connectivity index (χ4n) is 2.21. The van der Waals surface area contributed by atoms with Crippen molar-refractivity contribution in [3.8, 4) is 0 Å². The molecule has 0 bridgehead atoms. The third-order valence-electron chi connectivity index (χ3n) is 3.48. The number of nitrogens with one attached hydrogen (secondary N) is 2. The van der Waals surface area contributed by atoms with E-state index >= 15 is 0 Å². The maximum atomic E-state index is 11.4. The molecule has 18 heavy (non-hydrogen) atoms. The van der Waals surface area contributed by atoms with Crippen molar-refractivity contribution in [3.05, 3.63) is 0 Å². The minimum absolute atomic E-state index is 0.0513. The summed E-state index contributed by atoms with van der Waals surface area (Å²) in [4.78, 5) is 13.8. The van der Waals surface area contributed by atoms with Gasteiger partial charge in [0.2, 0.25) is 5.91 Å². The Morgan fingerprint density at radius 1 is 1.33 bits per heavy atom. The molecule has 0 aliphatic carbocycles. The predicted molar refractivity (Wildman–Crippen MR) is 72.6 cm³/mol. The first-order valence-corrected chi connectivity index (χ1v) is 6.87. The van der Waals surface area contributed by atoms with Crippen LogP contribution >= 0.6 is 0 Å². The van der Waals surface area contributed by atoms with Crippen molar-refractivity contribution in [2.75, 3.05) is 53.5 Å². The number of likely N-dealkylation sites (tertiary alicyclic amines) is 1. The molecule has 1 aliphatic rings.